The summed E-state index contributed by atoms with van der Waals surface area (Å²) in [5.41, 5.74) is 0.322. The number of carbonyl (C=O) groups is 1. The fraction of sp³-hybridized carbons (Fsp3) is 0.250. The number of pyridine rings is 1. The van der Waals surface area contributed by atoms with Crippen molar-refractivity contribution in [1.29, 1.82) is 0 Å². The summed E-state index contributed by atoms with van der Waals surface area (Å²) < 4.78 is 12.4. The second-order valence-electron chi connectivity index (χ2n) is 2.22. The summed E-state index contributed by atoms with van der Waals surface area (Å²) in [6.07, 6.45) is 1.46. The van der Waals surface area contributed by atoms with Gasteiger partial charge in [-0.2, -0.15) is 0 Å². The zero-order chi connectivity index (χ0) is 8.27. The first-order chi connectivity index (χ1) is 5.22. The monoisotopic (exact) mass is 153 g/mol. The highest BCUT2D eigenvalue weighted by molar-refractivity contribution is 5.98. The van der Waals surface area contributed by atoms with Crippen molar-refractivity contribution in [2.24, 2.45) is 0 Å². The predicted molar refractivity (Wildman–Crippen MR) is 39.1 cm³/mol. The maximum atomic E-state index is 12.4. The summed E-state index contributed by atoms with van der Waals surface area (Å²) in [6.45, 7) is 1.22. The molecule has 0 bridgehead atoms. The Balaban J connectivity index is 2.86. The van der Waals surface area contributed by atoms with E-state index in [0.717, 1.165) is 0 Å². The van der Waals surface area contributed by atoms with Gasteiger partial charge in [0.05, 0.1) is 0 Å². The zero-order valence-electron chi connectivity index (χ0n) is 6.12. The van der Waals surface area contributed by atoms with Crippen LogP contribution in [0, 0.1) is 0 Å². The summed E-state index contributed by atoms with van der Waals surface area (Å²) in [7, 11) is 0. The molecule has 1 aromatic rings. The first kappa shape index (κ1) is 7.85. The molecule has 1 unspecified atom stereocenters. The predicted octanol–water partition coefficient (Wildman–Crippen LogP) is 1.62. The van der Waals surface area contributed by atoms with Gasteiger partial charge < -0.3 is 0 Å². The van der Waals surface area contributed by atoms with Crippen LogP contribution >= 0.6 is 0 Å². The molecule has 2 nitrogen and oxygen atoms in total. The molecule has 1 aromatic heterocycles. The van der Waals surface area contributed by atoms with E-state index in [1.165, 1.54) is 13.1 Å². The van der Waals surface area contributed by atoms with Gasteiger partial charge in [0.15, 0.2) is 12.0 Å². The fourth-order valence-electron chi connectivity index (χ4n) is 0.738. The molecule has 1 rings (SSSR count). The Morgan fingerprint density at radius 2 is 2.45 bits per heavy atom. The van der Waals surface area contributed by atoms with E-state index in [1.54, 1.807) is 18.3 Å². The van der Waals surface area contributed by atoms with Crippen LogP contribution in [0.4, 0.5) is 4.39 Å². The third kappa shape index (κ3) is 1.83. The molecular formula is C8H8FNO. The van der Waals surface area contributed by atoms with Crippen molar-refractivity contribution in [3.05, 3.63) is 30.1 Å². The number of hydrogen-bond acceptors (Lipinski definition) is 2. The van der Waals surface area contributed by atoms with Crippen LogP contribution in [-0.4, -0.2) is 16.9 Å². The van der Waals surface area contributed by atoms with Crippen molar-refractivity contribution in [3.63, 3.8) is 0 Å². The van der Waals surface area contributed by atoms with E-state index in [4.69, 9.17) is 0 Å². The lowest BCUT2D eigenvalue weighted by Crippen LogP contribution is -2.11. The number of alkyl halides is 1. The van der Waals surface area contributed by atoms with Crippen LogP contribution in [0.15, 0.2) is 24.5 Å². The quantitative estimate of drug-likeness (QED) is 0.604. The minimum atomic E-state index is -1.45. The van der Waals surface area contributed by atoms with Gasteiger partial charge in [-0.15, -0.1) is 0 Å². The van der Waals surface area contributed by atoms with Gasteiger partial charge in [0.2, 0.25) is 0 Å². The lowest BCUT2D eigenvalue weighted by molar-refractivity contribution is 0.0892. The molecule has 3 heteroatoms. The van der Waals surface area contributed by atoms with Crippen LogP contribution in [-0.2, 0) is 0 Å². The van der Waals surface area contributed by atoms with Crippen LogP contribution in [0.5, 0.6) is 0 Å². The standard InChI is InChI=1S/C8H8FNO/c1-6(9)8(11)7-3-2-4-10-5-7/h2-6H,1H3. The molecule has 0 saturated carbocycles. The van der Waals surface area contributed by atoms with Gasteiger partial charge in [0.25, 0.3) is 0 Å². The van der Waals surface area contributed by atoms with Gasteiger partial charge in [-0.25, -0.2) is 4.39 Å². The average Bonchev–Trinajstić information content (AvgIpc) is 2.05. The molecular weight excluding hydrogens is 145 g/mol. The van der Waals surface area contributed by atoms with Crippen molar-refractivity contribution >= 4 is 5.78 Å². The first-order valence-corrected chi connectivity index (χ1v) is 3.30. The third-order valence-electron chi connectivity index (χ3n) is 1.31. The topological polar surface area (TPSA) is 30.0 Å². The summed E-state index contributed by atoms with van der Waals surface area (Å²) >= 11 is 0. The number of halogens is 1. The maximum Gasteiger partial charge on any atom is 0.198 e. The highest BCUT2D eigenvalue weighted by Crippen LogP contribution is 2.03. The van der Waals surface area contributed by atoms with Crippen molar-refractivity contribution in [1.82, 2.24) is 4.98 Å². The molecule has 0 aliphatic rings. The number of Topliss-reactive ketones (excluding diaryl/α,β-unsaturated/α-hetero) is 1. The zero-order valence-corrected chi connectivity index (χ0v) is 6.12. The molecule has 0 spiro atoms. The lowest BCUT2D eigenvalue weighted by Gasteiger charge is -1.98. The Hall–Kier alpha value is -1.25. The number of carbonyl (C=O) groups excluding carboxylic acids is 1. The summed E-state index contributed by atoms with van der Waals surface area (Å²) in [5.74, 6) is -0.516. The highest BCUT2D eigenvalue weighted by Gasteiger charge is 2.12. The third-order valence-corrected chi connectivity index (χ3v) is 1.31. The molecule has 0 aromatic carbocycles. The molecule has 0 radical (unpaired) electrons. The van der Waals surface area contributed by atoms with Crippen LogP contribution < -0.4 is 0 Å². The molecule has 58 valence electrons. The second kappa shape index (κ2) is 3.23. The minimum absolute atomic E-state index is 0.322. The molecule has 0 amide bonds. The van der Waals surface area contributed by atoms with Crippen LogP contribution in [0.2, 0.25) is 0 Å². The Kier molecular flexibility index (Phi) is 2.31. The SMILES string of the molecule is CC(F)C(=O)c1cccnc1. The first-order valence-electron chi connectivity index (χ1n) is 3.30. The van der Waals surface area contributed by atoms with E-state index in [0.29, 0.717) is 5.56 Å². The number of nitrogens with zero attached hydrogens (tertiary/aromatic N) is 1. The maximum absolute atomic E-state index is 12.4. The van der Waals surface area contributed by atoms with Crippen molar-refractivity contribution in [2.75, 3.05) is 0 Å². The van der Waals surface area contributed by atoms with E-state index < -0.39 is 12.0 Å². The Morgan fingerprint density at radius 3 is 2.91 bits per heavy atom. The molecule has 0 saturated heterocycles. The second-order valence-corrected chi connectivity index (χ2v) is 2.22. The lowest BCUT2D eigenvalue weighted by atomic mass is 10.1. The number of rotatable bonds is 2. The molecule has 0 aliphatic heterocycles. The smallest absolute Gasteiger partial charge is 0.198 e. The normalized spacial score (nSPS) is 12.5. The summed E-state index contributed by atoms with van der Waals surface area (Å²) in [4.78, 5) is 14.6. The van der Waals surface area contributed by atoms with Crippen LogP contribution in [0.3, 0.4) is 0 Å². The van der Waals surface area contributed by atoms with E-state index in [-0.39, 0.29) is 0 Å². The minimum Gasteiger partial charge on any atom is -0.291 e. The van der Waals surface area contributed by atoms with Crippen molar-refractivity contribution in [2.45, 2.75) is 13.1 Å². The average molecular weight is 153 g/mol. The van der Waals surface area contributed by atoms with E-state index in [1.807, 2.05) is 0 Å². The van der Waals surface area contributed by atoms with Gasteiger partial charge in [0.1, 0.15) is 0 Å². The number of aromatic nitrogens is 1. The molecule has 0 N–H and O–H groups in total. The fourth-order valence-corrected chi connectivity index (χ4v) is 0.738. The van der Waals surface area contributed by atoms with E-state index >= 15 is 0 Å². The van der Waals surface area contributed by atoms with Gasteiger partial charge in [-0.05, 0) is 19.1 Å². The molecule has 1 heterocycles. The number of hydrogen-bond donors (Lipinski definition) is 0. The Labute approximate surface area is 64.1 Å². The molecule has 0 fully saturated rings. The van der Waals surface area contributed by atoms with Gasteiger partial charge >= 0.3 is 0 Å². The van der Waals surface area contributed by atoms with Crippen molar-refractivity contribution < 1.29 is 9.18 Å². The molecule has 11 heavy (non-hydrogen) atoms. The van der Waals surface area contributed by atoms with Gasteiger partial charge in [-0.1, -0.05) is 0 Å². The van der Waals surface area contributed by atoms with Gasteiger partial charge in [0, 0.05) is 18.0 Å². The summed E-state index contributed by atoms with van der Waals surface area (Å²) in [6, 6.07) is 3.15. The van der Waals surface area contributed by atoms with Gasteiger partial charge in [-0.3, -0.25) is 9.78 Å². The van der Waals surface area contributed by atoms with Crippen molar-refractivity contribution in [3.8, 4) is 0 Å². The van der Waals surface area contributed by atoms with Crippen LogP contribution in [0.1, 0.15) is 17.3 Å². The number of ketones is 1. The van der Waals surface area contributed by atoms with E-state index in [9.17, 15) is 9.18 Å². The Bertz CT molecular complexity index is 246. The molecule has 0 aliphatic carbocycles. The Morgan fingerprint density at radius 1 is 1.73 bits per heavy atom. The highest BCUT2D eigenvalue weighted by atomic mass is 19.1. The largest absolute Gasteiger partial charge is 0.291 e. The molecule has 1 atom stereocenters. The van der Waals surface area contributed by atoms with E-state index in [2.05, 4.69) is 4.98 Å². The summed E-state index contributed by atoms with van der Waals surface area (Å²) in [5, 5.41) is 0. The van der Waals surface area contributed by atoms with Crippen LogP contribution in [0.25, 0.3) is 0 Å².